The van der Waals surface area contributed by atoms with Gasteiger partial charge in [-0.05, 0) is 123 Å². The molecule has 3 nitrogen and oxygen atoms in total. The second-order valence-corrected chi connectivity index (χ2v) is 16.4. The van der Waals surface area contributed by atoms with Gasteiger partial charge in [0.1, 0.15) is 11.5 Å². The van der Waals surface area contributed by atoms with Crippen LogP contribution in [0, 0.1) is 0 Å². The average molecular weight is 791 g/mol. The first-order valence-corrected chi connectivity index (χ1v) is 21.3. The highest BCUT2D eigenvalue weighted by molar-refractivity contribution is 6.10. The summed E-state index contributed by atoms with van der Waals surface area (Å²) in [6.07, 6.45) is 0. The highest BCUT2D eigenvalue weighted by atomic mass is 16.5. The highest BCUT2D eigenvalue weighted by Gasteiger charge is 2.51. The molecular formula is C59H38N2O. The second kappa shape index (κ2) is 13.4. The van der Waals surface area contributed by atoms with Crippen LogP contribution in [-0.4, -0.2) is 4.57 Å². The van der Waals surface area contributed by atoms with Gasteiger partial charge in [-0.15, -0.1) is 0 Å². The summed E-state index contributed by atoms with van der Waals surface area (Å²) in [7, 11) is 0. The van der Waals surface area contributed by atoms with Gasteiger partial charge in [0, 0.05) is 44.6 Å². The van der Waals surface area contributed by atoms with E-state index in [1.807, 2.05) is 0 Å². The number of hydrogen-bond donors (Lipinski definition) is 0. The largest absolute Gasteiger partial charge is 0.457 e. The van der Waals surface area contributed by atoms with Gasteiger partial charge in [-0.2, -0.15) is 0 Å². The molecule has 0 bridgehead atoms. The van der Waals surface area contributed by atoms with Crippen LogP contribution >= 0.6 is 0 Å². The van der Waals surface area contributed by atoms with E-state index in [4.69, 9.17) is 4.74 Å². The predicted octanol–water partition coefficient (Wildman–Crippen LogP) is 15.5. The molecule has 0 radical (unpaired) electrons. The Bertz CT molecular complexity index is 3500. The van der Waals surface area contributed by atoms with E-state index < -0.39 is 5.41 Å². The first-order chi connectivity index (χ1) is 30.8. The molecule has 0 saturated heterocycles. The zero-order valence-electron chi connectivity index (χ0n) is 33.7. The van der Waals surface area contributed by atoms with Crippen molar-refractivity contribution in [3.63, 3.8) is 0 Å². The number of rotatable bonds is 5. The van der Waals surface area contributed by atoms with Gasteiger partial charge in [0.15, 0.2) is 0 Å². The van der Waals surface area contributed by atoms with Gasteiger partial charge in [-0.3, -0.25) is 0 Å². The summed E-state index contributed by atoms with van der Waals surface area (Å²) in [6, 6.07) is 83.8. The molecule has 2 heterocycles. The molecular weight excluding hydrogens is 753 g/mol. The quantitative estimate of drug-likeness (QED) is 0.173. The van der Waals surface area contributed by atoms with Crippen LogP contribution in [0.4, 0.5) is 17.1 Å². The third kappa shape index (κ3) is 4.94. The van der Waals surface area contributed by atoms with Gasteiger partial charge >= 0.3 is 0 Å². The molecule has 290 valence electrons. The number of ether oxygens (including phenoxy) is 1. The van der Waals surface area contributed by atoms with Crippen molar-refractivity contribution in [2.24, 2.45) is 0 Å². The van der Waals surface area contributed by atoms with E-state index in [0.717, 1.165) is 34.2 Å². The fourth-order valence-corrected chi connectivity index (χ4v) is 10.6. The maximum atomic E-state index is 6.65. The smallest absolute Gasteiger partial charge is 0.132 e. The van der Waals surface area contributed by atoms with Crippen molar-refractivity contribution >= 4 is 49.6 Å². The van der Waals surface area contributed by atoms with Gasteiger partial charge in [0.25, 0.3) is 0 Å². The molecule has 0 saturated carbocycles. The molecule has 13 rings (SSSR count). The van der Waals surface area contributed by atoms with Crippen LogP contribution in [0.1, 0.15) is 22.3 Å². The topological polar surface area (TPSA) is 17.4 Å². The summed E-state index contributed by atoms with van der Waals surface area (Å²) in [5.41, 5.74) is 16.1. The highest BCUT2D eigenvalue weighted by Crippen LogP contribution is 2.63. The molecule has 11 aromatic rings. The number of hydrogen-bond acceptors (Lipinski definition) is 2. The molecule has 0 N–H and O–H groups in total. The van der Waals surface area contributed by atoms with Crippen LogP contribution in [0.15, 0.2) is 231 Å². The van der Waals surface area contributed by atoms with E-state index in [1.165, 1.54) is 77.1 Å². The molecule has 0 atom stereocenters. The Kier molecular flexibility index (Phi) is 7.52. The van der Waals surface area contributed by atoms with Gasteiger partial charge in [0.05, 0.1) is 16.4 Å². The molecule has 2 aliphatic rings. The van der Waals surface area contributed by atoms with Crippen LogP contribution in [0.25, 0.3) is 60.5 Å². The maximum absolute atomic E-state index is 6.65. The van der Waals surface area contributed by atoms with Gasteiger partial charge in [-0.1, -0.05) is 152 Å². The predicted molar refractivity (Wildman–Crippen MR) is 256 cm³/mol. The summed E-state index contributed by atoms with van der Waals surface area (Å²) in [6.45, 7) is 0. The lowest BCUT2D eigenvalue weighted by atomic mass is 9.66. The van der Waals surface area contributed by atoms with Crippen molar-refractivity contribution in [3.05, 3.63) is 253 Å². The maximum Gasteiger partial charge on any atom is 0.132 e. The normalized spacial score (nSPS) is 13.1. The monoisotopic (exact) mass is 790 g/mol. The van der Waals surface area contributed by atoms with E-state index in [9.17, 15) is 0 Å². The fourth-order valence-electron chi connectivity index (χ4n) is 10.6. The molecule has 0 amide bonds. The average Bonchev–Trinajstić information content (AvgIpc) is 3.83. The zero-order chi connectivity index (χ0) is 40.8. The number of nitrogens with zero attached hydrogens (tertiary/aromatic N) is 2. The Morgan fingerprint density at radius 1 is 0.371 bits per heavy atom. The van der Waals surface area contributed by atoms with Crippen molar-refractivity contribution in [1.29, 1.82) is 0 Å². The molecule has 1 aliphatic carbocycles. The van der Waals surface area contributed by atoms with Crippen molar-refractivity contribution in [1.82, 2.24) is 4.57 Å². The minimum absolute atomic E-state index is 0.549. The van der Waals surface area contributed by atoms with Gasteiger partial charge < -0.3 is 14.2 Å². The summed E-state index contributed by atoms with van der Waals surface area (Å²) >= 11 is 0. The molecule has 62 heavy (non-hydrogen) atoms. The van der Waals surface area contributed by atoms with E-state index in [0.29, 0.717) is 0 Å². The summed E-state index contributed by atoms with van der Waals surface area (Å²) < 4.78 is 9.02. The van der Waals surface area contributed by atoms with Crippen molar-refractivity contribution in [2.45, 2.75) is 5.41 Å². The van der Waals surface area contributed by atoms with E-state index >= 15 is 0 Å². The standard InChI is InChI=1S/C59H38N2O/c1-3-16-42(17-4-1)60(44-31-27-39(28-32-44)41-30-36-55-48(37-41)47-21-9-12-24-54(47)61(55)43-18-5-2-6-19-43)45-33-35-50-49(38-45)58-46-20-8-7-15-40(46)29-34-53(58)59(50)51-22-10-13-25-56(51)62-57-26-14-11-23-52(57)59/h1-38H. The number of benzene rings is 10. The third-order valence-electron chi connectivity index (χ3n) is 13.2. The van der Waals surface area contributed by atoms with Crippen LogP contribution in [0.5, 0.6) is 11.5 Å². The van der Waals surface area contributed by atoms with E-state index in [2.05, 4.69) is 240 Å². The van der Waals surface area contributed by atoms with Crippen LogP contribution in [-0.2, 0) is 5.41 Å². The minimum atomic E-state index is -0.549. The molecule has 0 unspecified atom stereocenters. The zero-order valence-corrected chi connectivity index (χ0v) is 33.7. The van der Waals surface area contributed by atoms with E-state index in [-0.39, 0.29) is 0 Å². The Hall–Kier alpha value is -8.14. The summed E-state index contributed by atoms with van der Waals surface area (Å²) in [5.74, 6) is 1.80. The molecule has 0 fully saturated rings. The van der Waals surface area contributed by atoms with Crippen LogP contribution < -0.4 is 9.64 Å². The lowest BCUT2D eigenvalue weighted by Gasteiger charge is -2.39. The number of aromatic nitrogens is 1. The Labute approximate surface area is 360 Å². The lowest BCUT2D eigenvalue weighted by Crippen LogP contribution is -2.32. The molecule has 1 spiro atoms. The van der Waals surface area contributed by atoms with Crippen molar-refractivity contribution in [3.8, 4) is 39.4 Å². The first-order valence-electron chi connectivity index (χ1n) is 21.3. The Balaban J connectivity index is 0.978. The second-order valence-electron chi connectivity index (χ2n) is 16.4. The third-order valence-corrected chi connectivity index (χ3v) is 13.2. The van der Waals surface area contributed by atoms with Crippen LogP contribution in [0.3, 0.4) is 0 Å². The molecule has 3 heteroatoms. The Morgan fingerprint density at radius 2 is 0.952 bits per heavy atom. The van der Waals surface area contributed by atoms with Gasteiger partial charge in [-0.25, -0.2) is 0 Å². The molecule has 10 aromatic carbocycles. The van der Waals surface area contributed by atoms with Crippen molar-refractivity contribution < 1.29 is 4.74 Å². The number of para-hydroxylation sites is 5. The molecule has 1 aromatic heterocycles. The SMILES string of the molecule is c1ccc(N(c2ccc(-c3ccc4c(c3)c3ccccc3n4-c3ccccc3)cc2)c2ccc3c(c2)-c2c(ccc4ccccc24)C32c3ccccc3Oc3ccccc32)cc1. The van der Waals surface area contributed by atoms with Crippen molar-refractivity contribution in [2.75, 3.05) is 4.90 Å². The minimum Gasteiger partial charge on any atom is -0.457 e. The molecule has 1 aliphatic heterocycles. The summed E-state index contributed by atoms with van der Waals surface area (Å²) in [5, 5.41) is 4.98. The van der Waals surface area contributed by atoms with E-state index in [1.54, 1.807) is 0 Å². The summed E-state index contributed by atoms with van der Waals surface area (Å²) in [4.78, 5) is 2.39. The fraction of sp³-hybridized carbons (Fsp3) is 0.0169. The van der Waals surface area contributed by atoms with Crippen LogP contribution in [0.2, 0.25) is 0 Å². The van der Waals surface area contributed by atoms with Gasteiger partial charge in [0.2, 0.25) is 0 Å². The Morgan fingerprint density at radius 3 is 1.73 bits per heavy atom. The first kappa shape index (κ1) is 34.7. The number of fused-ring (bicyclic) bond motifs is 14. The number of anilines is 3. The lowest BCUT2D eigenvalue weighted by molar-refractivity contribution is 0.436.